The van der Waals surface area contributed by atoms with Crippen molar-refractivity contribution in [1.82, 2.24) is 4.90 Å². The summed E-state index contributed by atoms with van der Waals surface area (Å²) in [5.74, 6) is -0.105. The van der Waals surface area contributed by atoms with E-state index in [0.717, 1.165) is 5.56 Å². The Hall–Kier alpha value is -2.82. The molecule has 1 N–H and O–H groups in total. The second-order valence-corrected chi connectivity index (χ2v) is 4.78. The van der Waals surface area contributed by atoms with Gasteiger partial charge in [0.05, 0.1) is 24.8 Å². The maximum atomic E-state index is 12.3. The first-order chi connectivity index (χ1) is 10.1. The second kappa shape index (κ2) is 4.94. The van der Waals surface area contributed by atoms with Crippen molar-refractivity contribution in [2.75, 3.05) is 7.11 Å². The summed E-state index contributed by atoms with van der Waals surface area (Å²) in [7, 11) is 1.56. The van der Waals surface area contributed by atoms with Crippen molar-refractivity contribution in [1.29, 1.82) is 0 Å². The fraction of sp³-hybridized carbons (Fsp3) is 0.125. The van der Waals surface area contributed by atoms with Crippen LogP contribution in [-0.4, -0.2) is 28.9 Å². The fourth-order valence-corrected chi connectivity index (χ4v) is 2.38. The van der Waals surface area contributed by atoms with Gasteiger partial charge in [0.2, 0.25) is 0 Å². The Bertz CT molecular complexity index is 739. The lowest BCUT2D eigenvalue weighted by molar-refractivity contribution is 0.0642. The Morgan fingerprint density at radius 3 is 2.57 bits per heavy atom. The van der Waals surface area contributed by atoms with Crippen LogP contribution in [0.2, 0.25) is 0 Å². The van der Waals surface area contributed by atoms with Gasteiger partial charge in [0, 0.05) is 0 Å². The predicted molar refractivity (Wildman–Crippen MR) is 75.3 cm³/mol. The van der Waals surface area contributed by atoms with Crippen LogP contribution in [-0.2, 0) is 6.54 Å². The van der Waals surface area contributed by atoms with E-state index in [2.05, 4.69) is 0 Å². The van der Waals surface area contributed by atoms with Gasteiger partial charge in [-0.2, -0.15) is 0 Å². The van der Waals surface area contributed by atoms with Crippen LogP contribution in [0.15, 0.2) is 42.5 Å². The van der Waals surface area contributed by atoms with E-state index in [1.807, 2.05) is 6.07 Å². The number of nitrogens with zero attached hydrogens (tertiary/aromatic N) is 1. The number of methoxy groups -OCH3 is 1. The summed E-state index contributed by atoms with van der Waals surface area (Å²) in [4.78, 5) is 25.7. The number of fused-ring (bicyclic) bond motifs is 1. The van der Waals surface area contributed by atoms with Gasteiger partial charge in [-0.1, -0.05) is 12.1 Å². The minimum absolute atomic E-state index is 0.0295. The first-order valence-corrected chi connectivity index (χ1v) is 6.42. The topological polar surface area (TPSA) is 66.8 Å². The number of hydrogen-bond acceptors (Lipinski definition) is 4. The van der Waals surface area contributed by atoms with E-state index in [1.165, 1.54) is 23.1 Å². The molecule has 2 aromatic rings. The van der Waals surface area contributed by atoms with Crippen molar-refractivity contribution in [2.45, 2.75) is 6.54 Å². The summed E-state index contributed by atoms with van der Waals surface area (Å²) in [6, 6.07) is 11.4. The van der Waals surface area contributed by atoms with E-state index in [0.29, 0.717) is 11.3 Å². The van der Waals surface area contributed by atoms with Crippen molar-refractivity contribution in [3.05, 3.63) is 59.2 Å². The van der Waals surface area contributed by atoms with E-state index in [1.54, 1.807) is 25.3 Å². The van der Waals surface area contributed by atoms with Gasteiger partial charge >= 0.3 is 0 Å². The molecule has 5 nitrogen and oxygen atoms in total. The average molecular weight is 283 g/mol. The zero-order valence-electron chi connectivity index (χ0n) is 11.4. The number of aromatic hydroxyl groups is 1. The van der Waals surface area contributed by atoms with Crippen LogP contribution in [0, 0.1) is 0 Å². The Balaban J connectivity index is 1.91. The Morgan fingerprint density at radius 2 is 1.81 bits per heavy atom. The van der Waals surface area contributed by atoms with Crippen LogP contribution >= 0.6 is 0 Å². The SMILES string of the molecule is COc1cccc(CN2C(=O)c3ccc(O)cc3C2=O)c1. The maximum Gasteiger partial charge on any atom is 0.262 e. The molecule has 0 fully saturated rings. The van der Waals surface area contributed by atoms with Crippen molar-refractivity contribution < 1.29 is 19.4 Å². The van der Waals surface area contributed by atoms with Crippen LogP contribution in [0.5, 0.6) is 11.5 Å². The molecule has 106 valence electrons. The second-order valence-electron chi connectivity index (χ2n) is 4.78. The highest BCUT2D eigenvalue weighted by molar-refractivity contribution is 6.21. The van der Waals surface area contributed by atoms with Crippen LogP contribution in [0.25, 0.3) is 0 Å². The van der Waals surface area contributed by atoms with Crippen LogP contribution < -0.4 is 4.74 Å². The summed E-state index contributed by atoms with van der Waals surface area (Å²) < 4.78 is 5.13. The molecule has 0 unspecified atom stereocenters. The minimum atomic E-state index is -0.395. The van der Waals surface area contributed by atoms with E-state index in [4.69, 9.17) is 4.74 Å². The number of phenols is 1. The van der Waals surface area contributed by atoms with Crippen LogP contribution in [0.3, 0.4) is 0 Å². The summed E-state index contributed by atoms with van der Waals surface area (Å²) >= 11 is 0. The highest BCUT2D eigenvalue weighted by atomic mass is 16.5. The van der Waals surface area contributed by atoms with Gasteiger partial charge in [-0.05, 0) is 35.9 Å². The molecule has 0 atom stereocenters. The summed E-state index contributed by atoms with van der Waals surface area (Å²) in [5.41, 5.74) is 1.36. The van der Waals surface area contributed by atoms with Crippen molar-refractivity contribution in [3.8, 4) is 11.5 Å². The first kappa shape index (κ1) is 13.2. The lowest BCUT2D eigenvalue weighted by Crippen LogP contribution is -2.29. The Labute approximate surface area is 121 Å². The number of benzene rings is 2. The lowest BCUT2D eigenvalue weighted by atomic mass is 10.1. The zero-order chi connectivity index (χ0) is 15.0. The molecule has 0 radical (unpaired) electrons. The van der Waals surface area contributed by atoms with E-state index < -0.39 is 5.91 Å². The molecule has 1 aliphatic heterocycles. The molecule has 1 aliphatic rings. The summed E-state index contributed by atoms with van der Waals surface area (Å²) in [5, 5.41) is 9.45. The molecular weight excluding hydrogens is 270 g/mol. The first-order valence-electron chi connectivity index (χ1n) is 6.42. The lowest BCUT2D eigenvalue weighted by Gasteiger charge is -2.14. The molecule has 0 aromatic heterocycles. The normalized spacial score (nSPS) is 13.5. The number of hydrogen-bond donors (Lipinski definition) is 1. The van der Waals surface area contributed by atoms with Gasteiger partial charge in [-0.15, -0.1) is 0 Å². The van der Waals surface area contributed by atoms with Crippen LogP contribution in [0.4, 0.5) is 0 Å². The smallest absolute Gasteiger partial charge is 0.262 e. The van der Waals surface area contributed by atoms with Crippen molar-refractivity contribution in [2.24, 2.45) is 0 Å². The van der Waals surface area contributed by atoms with Crippen molar-refractivity contribution in [3.63, 3.8) is 0 Å². The Kier molecular flexibility index (Phi) is 3.10. The molecule has 2 amide bonds. The molecule has 0 aliphatic carbocycles. The number of amides is 2. The molecule has 0 saturated heterocycles. The Morgan fingerprint density at radius 1 is 1.05 bits per heavy atom. The molecule has 0 spiro atoms. The molecule has 3 rings (SSSR count). The highest BCUT2D eigenvalue weighted by Crippen LogP contribution is 2.28. The third kappa shape index (κ3) is 2.23. The van der Waals surface area contributed by atoms with Gasteiger partial charge in [-0.3, -0.25) is 14.5 Å². The number of carbonyl (C=O) groups excluding carboxylic acids is 2. The van der Waals surface area contributed by atoms with E-state index in [9.17, 15) is 14.7 Å². The number of phenolic OH excluding ortho intramolecular Hbond substituents is 1. The summed E-state index contributed by atoms with van der Waals surface area (Å²) in [6.07, 6.45) is 0. The molecule has 1 heterocycles. The predicted octanol–water partition coefficient (Wildman–Crippen LogP) is 2.20. The largest absolute Gasteiger partial charge is 0.508 e. The molecule has 5 heteroatoms. The van der Waals surface area contributed by atoms with Gasteiger partial charge in [0.1, 0.15) is 11.5 Å². The quantitative estimate of drug-likeness (QED) is 0.877. The third-order valence-corrected chi connectivity index (χ3v) is 3.43. The number of ether oxygens (including phenoxy) is 1. The monoisotopic (exact) mass is 283 g/mol. The van der Waals surface area contributed by atoms with E-state index >= 15 is 0 Å². The van der Waals surface area contributed by atoms with Crippen molar-refractivity contribution >= 4 is 11.8 Å². The maximum absolute atomic E-state index is 12.3. The van der Waals surface area contributed by atoms with E-state index in [-0.39, 0.29) is 23.8 Å². The van der Waals surface area contributed by atoms with Gasteiger partial charge in [0.25, 0.3) is 11.8 Å². The number of imide groups is 1. The third-order valence-electron chi connectivity index (χ3n) is 3.43. The standard InChI is InChI=1S/C16H13NO4/c1-21-12-4-2-3-10(7-12)9-17-15(19)13-6-5-11(18)8-14(13)16(17)20/h2-8,18H,9H2,1H3. The molecular formula is C16H13NO4. The molecule has 2 aromatic carbocycles. The number of carbonyl (C=O) groups is 2. The fourth-order valence-electron chi connectivity index (χ4n) is 2.38. The number of rotatable bonds is 3. The molecule has 0 bridgehead atoms. The van der Waals surface area contributed by atoms with Gasteiger partial charge in [-0.25, -0.2) is 0 Å². The average Bonchev–Trinajstić information content (AvgIpc) is 2.72. The zero-order valence-corrected chi connectivity index (χ0v) is 11.4. The highest BCUT2D eigenvalue weighted by Gasteiger charge is 2.35. The molecule has 0 saturated carbocycles. The minimum Gasteiger partial charge on any atom is -0.508 e. The van der Waals surface area contributed by atoms with Crippen LogP contribution in [0.1, 0.15) is 26.3 Å². The molecule has 21 heavy (non-hydrogen) atoms. The van der Waals surface area contributed by atoms with Gasteiger partial charge in [0.15, 0.2) is 0 Å². The van der Waals surface area contributed by atoms with Gasteiger partial charge < -0.3 is 9.84 Å². The summed E-state index contributed by atoms with van der Waals surface area (Å²) in [6.45, 7) is 0.171.